The highest BCUT2D eigenvalue weighted by Crippen LogP contribution is 2.39. The molecule has 1 aromatic carbocycles. The second-order valence-electron chi connectivity index (χ2n) is 6.95. The molecular weight excluding hydrogens is 384 g/mol. The lowest BCUT2D eigenvalue weighted by molar-refractivity contribution is -0.137. The molecule has 0 aliphatic carbocycles. The Hall–Kier alpha value is -3.12. The van der Waals surface area contributed by atoms with Crippen LogP contribution in [0.25, 0.3) is 5.57 Å². The van der Waals surface area contributed by atoms with Gasteiger partial charge in [0.1, 0.15) is 5.76 Å². The number of imide groups is 1. The molecule has 5 nitrogen and oxygen atoms in total. The molecule has 0 N–H and O–H groups in total. The summed E-state index contributed by atoms with van der Waals surface area (Å²) < 4.78 is 5.40. The standard InChI is InChI=1S/C23H20N2O3S/c1-15-7-8-19(16(2)11-15)20-21(29-14-18-6-4-10-28-18)23(27)25(22(20)26)13-17-5-3-9-24-12-17/h3-12H,13-14H2,1-2H3. The first-order valence-electron chi connectivity index (χ1n) is 9.27. The highest BCUT2D eigenvalue weighted by atomic mass is 32.2. The summed E-state index contributed by atoms with van der Waals surface area (Å²) in [5.41, 5.74) is 4.16. The van der Waals surface area contributed by atoms with E-state index >= 15 is 0 Å². The van der Waals surface area contributed by atoms with E-state index in [0.29, 0.717) is 16.2 Å². The fourth-order valence-corrected chi connectivity index (χ4v) is 4.40. The van der Waals surface area contributed by atoms with Crippen molar-refractivity contribution in [3.05, 3.63) is 94.0 Å². The van der Waals surface area contributed by atoms with Gasteiger partial charge in [0.05, 0.1) is 29.0 Å². The number of furan rings is 1. The van der Waals surface area contributed by atoms with Crippen LogP contribution in [0.3, 0.4) is 0 Å². The third kappa shape index (κ3) is 3.89. The minimum atomic E-state index is -0.273. The van der Waals surface area contributed by atoms with Crippen LogP contribution < -0.4 is 0 Å². The first-order chi connectivity index (χ1) is 14.0. The number of aromatic nitrogens is 1. The summed E-state index contributed by atoms with van der Waals surface area (Å²) in [7, 11) is 0. The molecule has 146 valence electrons. The summed E-state index contributed by atoms with van der Waals surface area (Å²) in [5, 5.41) is 0. The number of benzene rings is 1. The molecule has 4 rings (SSSR count). The highest BCUT2D eigenvalue weighted by Gasteiger charge is 2.39. The predicted octanol–water partition coefficient (Wildman–Crippen LogP) is 4.50. The first-order valence-corrected chi connectivity index (χ1v) is 10.3. The van der Waals surface area contributed by atoms with Crippen LogP contribution in [0.5, 0.6) is 0 Å². The average Bonchev–Trinajstić information content (AvgIpc) is 3.30. The number of nitrogens with zero attached hydrogens (tertiary/aromatic N) is 2. The molecule has 0 spiro atoms. The topological polar surface area (TPSA) is 63.4 Å². The Morgan fingerprint density at radius 1 is 1.07 bits per heavy atom. The lowest BCUT2D eigenvalue weighted by atomic mass is 9.99. The second kappa shape index (κ2) is 8.09. The van der Waals surface area contributed by atoms with Crippen LogP contribution in [0.1, 0.15) is 28.0 Å². The zero-order valence-corrected chi connectivity index (χ0v) is 17.0. The second-order valence-corrected chi connectivity index (χ2v) is 7.93. The van der Waals surface area contributed by atoms with Crippen LogP contribution in [-0.4, -0.2) is 21.7 Å². The van der Waals surface area contributed by atoms with Gasteiger partial charge in [0, 0.05) is 12.4 Å². The van der Waals surface area contributed by atoms with Gasteiger partial charge in [-0.05, 0) is 48.7 Å². The van der Waals surface area contributed by atoms with E-state index in [2.05, 4.69) is 4.98 Å². The zero-order valence-electron chi connectivity index (χ0n) is 16.2. The van der Waals surface area contributed by atoms with Crippen molar-refractivity contribution in [2.75, 3.05) is 0 Å². The SMILES string of the molecule is Cc1ccc(C2=C(SCc3ccco3)C(=O)N(Cc3cccnc3)C2=O)c(C)c1. The summed E-state index contributed by atoms with van der Waals surface area (Å²) in [6.07, 6.45) is 4.94. The minimum absolute atomic E-state index is 0.199. The van der Waals surface area contributed by atoms with Gasteiger partial charge in [0.25, 0.3) is 11.8 Å². The zero-order chi connectivity index (χ0) is 20.4. The number of pyridine rings is 1. The van der Waals surface area contributed by atoms with Crippen LogP contribution in [0.4, 0.5) is 0 Å². The number of amides is 2. The van der Waals surface area contributed by atoms with Crippen LogP contribution in [-0.2, 0) is 21.9 Å². The maximum Gasteiger partial charge on any atom is 0.268 e. The van der Waals surface area contributed by atoms with Crippen LogP contribution in [0.15, 0.2) is 70.4 Å². The van der Waals surface area contributed by atoms with Crippen molar-refractivity contribution in [3.63, 3.8) is 0 Å². The Morgan fingerprint density at radius 2 is 1.93 bits per heavy atom. The Morgan fingerprint density at radius 3 is 2.62 bits per heavy atom. The van der Waals surface area contributed by atoms with Gasteiger partial charge in [-0.3, -0.25) is 19.5 Å². The van der Waals surface area contributed by atoms with Gasteiger partial charge in [-0.2, -0.15) is 0 Å². The summed E-state index contributed by atoms with van der Waals surface area (Å²) in [6.45, 7) is 4.17. The van der Waals surface area contributed by atoms with Gasteiger partial charge in [0.15, 0.2) is 0 Å². The Bertz CT molecular complexity index is 1090. The number of hydrogen-bond acceptors (Lipinski definition) is 5. The number of aryl methyl sites for hydroxylation is 2. The molecule has 2 aromatic heterocycles. The van der Waals surface area contributed by atoms with Crippen molar-refractivity contribution >= 4 is 29.1 Å². The molecule has 1 aliphatic rings. The number of thioether (sulfide) groups is 1. The molecule has 0 atom stereocenters. The third-order valence-corrected chi connectivity index (χ3v) is 5.88. The van der Waals surface area contributed by atoms with Crippen molar-refractivity contribution in [1.82, 2.24) is 9.88 Å². The van der Waals surface area contributed by atoms with Crippen molar-refractivity contribution in [1.29, 1.82) is 0 Å². The van der Waals surface area contributed by atoms with Gasteiger partial charge in [-0.15, -0.1) is 11.8 Å². The summed E-state index contributed by atoms with van der Waals surface area (Å²) in [4.78, 5) is 32.4. The van der Waals surface area contributed by atoms with Gasteiger partial charge >= 0.3 is 0 Å². The molecule has 0 saturated carbocycles. The van der Waals surface area contributed by atoms with Crippen LogP contribution >= 0.6 is 11.8 Å². The maximum atomic E-state index is 13.3. The average molecular weight is 404 g/mol. The molecule has 0 unspecified atom stereocenters. The van der Waals surface area contributed by atoms with Crippen molar-refractivity contribution in [2.24, 2.45) is 0 Å². The molecule has 3 heterocycles. The molecule has 0 saturated heterocycles. The Labute approximate surface area is 173 Å². The molecule has 0 radical (unpaired) electrons. The number of rotatable bonds is 6. The lowest BCUT2D eigenvalue weighted by Gasteiger charge is -2.15. The normalized spacial score (nSPS) is 14.2. The summed E-state index contributed by atoms with van der Waals surface area (Å²) in [6, 6.07) is 13.2. The van der Waals surface area contributed by atoms with E-state index < -0.39 is 0 Å². The number of hydrogen-bond donors (Lipinski definition) is 0. The first kappa shape index (κ1) is 19.2. The molecule has 0 fully saturated rings. The van der Waals surface area contributed by atoms with Crippen molar-refractivity contribution < 1.29 is 14.0 Å². The Balaban J connectivity index is 1.71. The van der Waals surface area contributed by atoms with E-state index in [0.717, 1.165) is 28.0 Å². The predicted molar refractivity (Wildman–Crippen MR) is 113 cm³/mol. The molecular formula is C23H20N2O3S. The monoisotopic (exact) mass is 404 g/mol. The van der Waals surface area contributed by atoms with E-state index in [1.807, 2.05) is 50.2 Å². The van der Waals surface area contributed by atoms with Gasteiger partial charge in [0.2, 0.25) is 0 Å². The van der Waals surface area contributed by atoms with Crippen molar-refractivity contribution in [2.45, 2.75) is 26.1 Å². The fourth-order valence-electron chi connectivity index (χ4n) is 3.38. The van der Waals surface area contributed by atoms with E-state index in [1.54, 1.807) is 24.7 Å². The van der Waals surface area contributed by atoms with Crippen molar-refractivity contribution in [3.8, 4) is 0 Å². The highest BCUT2D eigenvalue weighted by molar-refractivity contribution is 8.03. The molecule has 2 amide bonds. The quantitative estimate of drug-likeness (QED) is 0.566. The van der Waals surface area contributed by atoms with Crippen LogP contribution in [0, 0.1) is 13.8 Å². The molecule has 0 bridgehead atoms. The summed E-state index contributed by atoms with van der Waals surface area (Å²) in [5.74, 6) is 0.697. The van der Waals surface area contributed by atoms with E-state index in [9.17, 15) is 9.59 Å². The van der Waals surface area contributed by atoms with E-state index in [1.165, 1.54) is 16.7 Å². The van der Waals surface area contributed by atoms with E-state index in [-0.39, 0.29) is 18.4 Å². The third-order valence-electron chi connectivity index (χ3n) is 4.78. The fraction of sp³-hybridized carbons (Fsp3) is 0.174. The smallest absolute Gasteiger partial charge is 0.268 e. The Kier molecular flexibility index (Phi) is 5.36. The number of carbonyl (C=O) groups excluding carboxylic acids is 2. The summed E-state index contributed by atoms with van der Waals surface area (Å²) >= 11 is 1.34. The molecule has 1 aliphatic heterocycles. The molecule has 29 heavy (non-hydrogen) atoms. The van der Waals surface area contributed by atoms with Gasteiger partial charge in [-0.25, -0.2) is 0 Å². The largest absolute Gasteiger partial charge is 0.468 e. The van der Waals surface area contributed by atoms with Crippen LogP contribution in [0.2, 0.25) is 0 Å². The number of carbonyl (C=O) groups is 2. The van der Waals surface area contributed by atoms with Gasteiger partial charge < -0.3 is 4.42 Å². The maximum absolute atomic E-state index is 13.3. The lowest BCUT2D eigenvalue weighted by Crippen LogP contribution is -2.31. The van der Waals surface area contributed by atoms with Gasteiger partial charge in [-0.1, -0.05) is 29.8 Å². The molecule has 3 aromatic rings. The van der Waals surface area contributed by atoms with E-state index in [4.69, 9.17) is 4.42 Å². The minimum Gasteiger partial charge on any atom is -0.468 e. The molecule has 6 heteroatoms.